The third-order valence-corrected chi connectivity index (χ3v) is 7.76. The molecule has 13 heteroatoms. The molecule has 2 aromatic rings. The van der Waals surface area contributed by atoms with Gasteiger partial charge in [-0.3, -0.25) is 8.75 Å². The first-order chi connectivity index (χ1) is 13.3. The Hall–Kier alpha value is -1.64. The Morgan fingerprint density at radius 2 is 2.03 bits per heavy atom. The molecule has 2 aromatic heterocycles. The van der Waals surface area contributed by atoms with E-state index >= 15 is 0 Å². The van der Waals surface area contributed by atoms with Crippen molar-refractivity contribution < 1.29 is 22.1 Å². The van der Waals surface area contributed by atoms with Gasteiger partial charge in [0.05, 0.1) is 33.4 Å². The van der Waals surface area contributed by atoms with E-state index in [0.29, 0.717) is 17.6 Å². The average molecular weight is 445 g/mol. The molecule has 0 saturated carbocycles. The van der Waals surface area contributed by atoms with Crippen LogP contribution in [0.1, 0.15) is 27.2 Å². The zero-order valence-electron chi connectivity index (χ0n) is 17.2. The summed E-state index contributed by atoms with van der Waals surface area (Å²) in [6.07, 6.45) is 2.45. The minimum absolute atomic E-state index is 0.244. The Morgan fingerprint density at radius 1 is 1.34 bits per heavy atom. The second-order valence-electron chi connectivity index (χ2n) is 8.45. The van der Waals surface area contributed by atoms with Gasteiger partial charge in [0.1, 0.15) is 23.3 Å². The fraction of sp³-hybridized carbons (Fsp3) is 0.688. The highest BCUT2D eigenvalue weighted by Gasteiger charge is 2.52. The molecule has 0 aliphatic carbocycles. The number of ether oxygens (including phenoxy) is 2. The molecule has 0 aromatic carbocycles. The van der Waals surface area contributed by atoms with Crippen LogP contribution in [0.4, 0.5) is 5.82 Å². The Bertz CT molecular complexity index is 991. The molecule has 0 bridgehead atoms. The molecule has 0 radical (unpaired) electrons. The standard InChI is InChI=1S/C16H28N6O5SSi/c1-15(2,3)26-10-6-16(29(4)5,27-11(10)7-25-28(18,23)24)22-9-21-12-13(17)19-8-20-14(12)22/h8-11,29H,6-7H2,1-5H3,(H2,17,19,20)(H2,18,23,24)/t10-,11+,16-/m0/s1. The number of nitrogens with two attached hydrogens (primary N) is 2. The monoisotopic (exact) mass is 444 g/mol. The van der Waals surface area contributed by atoms with Crippen LogP contribution >= 0.6 is 0 Å². The van der Waals surface area contributed by atoms with Gasteiger partial charge >= 0.3 is 10.3 Å². The molecule has 1 fully saturated rings. The summed E-state index contributed by atoms with van der Waals surface area (Å²) in [5.41, 5.74) is 6.52. The Kier molecular flexibility index (Phi) is 5.75. The summed E-state index contributed by atoms with van der Waals surface area (Å²) in [5, 5.41) is 4.25. The summed E-state index contributed by atoms with van der Waals surface area (Å²) < 4.78 is 42.1. The van der Waals surface area contributed by atoms with Crippen LogP contribution in [-0.2, 0) is 29.3 Å². The number of rotatable bonds is 6. The van der Waals surface area contributed by atoms with Crippen molar-refractivity contribution in [1.29, 1.82) is 0 Å². The molecule has 162 valence electrons. The average Bonchev–Trinajstić information content (AvgIpc) is 3.14. The second kappa shape index (κ2) is 7.56. The topological polar surface area (TPSA) is 157 Å². The lowest BCUT2D eigenvalue weighted by molar-refractivity contribution is -0.109. The predicted molar refractivity (Wildman–Crippen MR) is 110 cm³/mol. The summed E-state index contributed by atoms with van der Waals surface area (Å²) >= 11 is 0. The first kappa shape index (κ1) is 22.1. The van der Waals surface area contributed by atoms with Gasteiger partial charge in [0.25, 0.3) is 0 Å². The van der Waals surface area contributed by atoms with Crippen LogP contribution in [0.25, 0.3) is 11.2 Å². The molecule has 3 atom stereocenters. The van der Waals surface area contributed by atoms with Crippen LogP contribution in [0, 0.1) is 0 Å². The number of aromatic nitrogens is 4. The van der Waals surface area contributed by atoms with E-state index in [1.165, 1.54) is 6.33 Å². The smallest absolute Gasteiger partial charge is 0.333 e. The molecule has 3 heterocycles. The maximum atomic E-state index is 11.3. The molecular formula is C16H28N6O5SSi. The predicted octanol–water partition coefficient (Wildman–Crippen LogP) is 0.280. The first-order valence-corrected chi connectivity index (χ1v) is 13.6. The number of nitrogen functional groups attached to an aromatic ring is 1. The molecule has 11 nitrogen and oxygen atoms in total. The van der Waals surface area contributed by atoms with Crippen LogP contribution < -0.4 is 10.9 Å². The van der Waals surface area contributed by atoms with E-state index in [1.807, 2.05) is 25.3 Å². The minimum Gasteiger partial charge on any atom is -0.382 e. The number of hydrogen-bond acceptors (Lipinski definition) is 9. The lowest BCUT2D eigenvalue weighted by Crippen LogP contribution is -2.45. The summed E-state index contributed by atoms with van der Waals surface area (Å²) in [5.74, 6) is 0.281. The number of fused-ring (bicyclic) bond motifs is 1. The number of imidazole rings is 1. The third kappa shape index (κ3) is 4.59. The van der Waals surface area contributed by atoms with Gasteiger partial charge in [0.2, 0.25) is 0 Å². The van der Waals surface area contributed by atoms with E-state index in [-0.39, 0.29) is 12.4 Å². The quantitative estimate of drug-likeness (QED) is 0.597. The molecule has 0 spiro atoms. The van der Waals surface area contributed by atoms with Crippen molar-refractivity contribution in [1.82, 2.24) is 19.5 Å². The molecule has 1 saturated heterocycles. The van der Waals surface area contributed by atoms with Gasteiger partial charge in [0, 0.05) is 6.42 Å². The van der Waals surface area contributed by atoms with Crippen LogP contribution in [0.15, 0.2) is 12.7 Å². The second-order valence-corrected chi connectivity index (χ2v) is 12.9. The van der Waals surface area contributed by atoms with E-state index in [1.54, 1.807) is 6.33 Å². The lowest BCUT2D eigenvalue weighted by Gasteiger charge is -2.34. The van der Waals surface area contributed by atoms with Crippen LogP contribution in [-0.4, -0.2) is 61.1 Å². The van der Waals surface area contributed by atoms with Crippen molar-refractivity contribution in [2.75, 3.05) is 12.3 Å². The van der Waals surface area contributed by atoms with Crippen molar-refractivity contribution in [2.24, 2.45) is 5.14 Å². The Morgan fingerprint density at radius 3 is 2.62 bits per heavy atom. The third-order valence-electron chi connectivity index (χ3n) is 4.84. The summed E-state index contributed by atoms with van der Waals surface area (Å²) in [4.78, 5) is 12.7. The van der Waals surface area contributed by atoms with E-state index in [4.69, 9.17) is 24.5 Å². The molecule has 1 aliphatic heterocycles. The van der Waals surface area contributed by atoms with Gasteiger partial charge in [-0.25, -0.2) is 20.1 Å². The van der Waals surface area contributed by atoms with E-state index in [0.717, 1.165) is 0 Å². The molecule has 0 unspecified atom stereocenters. The highest BCUT2D eigenvalue weighted by Crippen LogP contribution is 2.42. The van der Waals surface area contributed by atoms with Crippen molar-refractivity contribution in [3.8, 4) is 0 Å². The van der Waals surface area contributed by atoms with E-state index in [2.05, 4.69) is 28.0 Å². The number of nitrogens with zero attached hydrogens (tertiary/aromatic N) is 4. The molecule has 1 aliphatic rings. The van der Waals surface area contributed by atoms with Gasteiger partial charge in [-0.2, -0.15) is 8.42 Å². The zero-order valence-corrected chi connectivity index (χ0v) is 19.2. The van der Waals surface area contributed by atoms with Crippen molar-refractivity contribution >= 4 is 36.1 Å². The largest absolute Gasteiger partial charge is 0.382 e. The van der Waals surface area contributed by atoms with Gasteiger partial charge < -0.3 is 15.2 Å². The van der Waals surface area contributed by atoms with Crippen LogP contribution in [0.2, 0.25) is 13.1 Å². The normalized spacial score (nSPS) is 25.9. The zero-order chi connectivity index (χ0) is 21.6. The highest BCUT2D eigenvalue weighted by molar-refractivity contribution is 7.84. The first-order valence-electron chi connectivity index (χ1n) is 9.29. The fourth-order valence-electron chi connectivity index (χ4n) is 3.62. The summed E-state index contributed by atoms with van der Waals surface area (Å²) in [6.45, 7) is 9.81. The number of anilines is 1. The fourth-order valence-corrected chi connectivity index (χ4v) is 5.84. The number of hydrogen-bond donors (Lipinski definition) is 2. The SMILES string of the molecule is C[SiH](C)[C@]1(n2cnc3c(N)ncnc32)C[C@H](OC(C)(C)C)[C@@H](COS(N)(=O)=O)O1. The minimum atomic E-state index is -4.11. The van der Waals surface area contributed by atoms with Crippen molar-refractivity contribution in [3.63, 3.8) is 0 Å². The van der Waals surface area contributed by atoms with Gasteiger partial charge in [-0.15, -0.1) is 0 Å². The van der Waals surface area contributed by atoms with Gasteiger partial charge in [-0.1, -0.05) is 13.1 Å². The molecule has 3 rings (SSSR count). The Labute approximate surface area is 171 Å². The van der Waals surface area contributed by atoms with Crippen molar-refractivity contribution in [3.05, 3.63) is 12.7 Å². The van der Waals surface area contributed by atoms with Crippen LogP contribution in [0.5, 0.6) is 0 Å². The molecular weight excluding hydrogens is 416 g/mol. The van der Waals surface area contributed by atoms with Gasteiger partial charge in [-0.05, 0) is 20.8 Å². The summed E-state index contributed by atoms with van der Waals surface area (Å²) in [7, 11) is -5.71. The maximum Gasteiger partial charge on any atom is 0.333 e. The lowest BCUT2D eigenvalue weighted by atomic mass is 10.1. The summed E-state index contributed by atoms with van der Waals surface area (Å²) in [6, 6.07) is 0. The molecule has 29 heavy (non-hydrogen) atoms. The van der Waals surface area contributed by atoms with Crippen LogP contribution in [0.3, 0.4) is 0 Å². The van der Waals surface area contributed by atoms with Gasteiger partial charge in [0.15, 0.2) is 11.5 Å². The molecule has 4 N–H and O–H groups in total. The van der Waals surface area contributed by atoms with E-state index in [9.17, 15) is 8.42 Å². The maximum absolute atomic E-state index is 11.3. The van der Waals surface area contributed by atoms with E-state index < -0.39 is 42.3 Å². The van der Waals surface area contributed by atoms with Crippen molar-refractivity contribution in [2.45, 2.75) is 63.4 Å². The Balaban J connectivity index is 2.04. The highest BCUT2D eigenvalue weighted by atomic mass is 32.2. The molecule has 0 amide bonds.